The molecule has 1 aliphatic carbocycles. The van der Waals surface area contributed by atoms with Gasteiger partial charge in [-0.1, -0.05) is 26.7 Å². The van der Waals surface area contributed by atoms with Gasteiger partial charge in [0.2, 0.25) is 5.91 Å². The van der Waals surface area contributed by atoms with Gasteiger partial charge in [0, 0.05) is 16.6 Å². The Bertz CT molecular complexity index is 504. The van der Waals surface area contributed by atoms with E-state index >= 15 is 0 Å². The largest absolute Gasteiger partial charge is 0.399 e. The first-order chi connectivity index (χ1) is 9.97. The highest BCUT2D eigenvalue weighted by Gasteiger charge is 2.27. The summed E-state index contributed by atoms with van der Waals surface area (Å²) in [6.07, 6.45) is 3.62. The van der Waals surface area contributed by atoms with Crippen LogP contribution in [0, 0.1) is 18.8 Å². The van der Waals surface area contributed by atoms with Gasteiger partial charge in [0.15, 0.2) is 0 Å². The van der Waals surface area contributed by atoms with Gasteiger partial charge in [-0.05, 0) is 48.9 Å². The Morgan fingerprint density at radius 3 is 2.86 bits per heavy atom. The summed E-state index contributed by atoms with van der Waals surface area (Å²) in [7, 11) is 0. The molecule has 0 heterocycles. The van der Waals surface area contributed by atoms with E-state index in [1.54, 1.807) is 11.8 Å². The zero-order chi connectivity index (χ0) is 15.4. The Labute approximate surface area is 132 Å². The molecule has 1 saturated carbocycles. The second kappa shape index (κ2) is 7.21. The molecule has 1 aromatic carbocycles. The van der Waals surface area contributed by atoms with Crippen molar-refractivity contribution in [2.24, 2.45) is 11.8 Å². The van der Waals surface area contributed by atoms with Crippen molar-refractivity contribution in [3.8, 4) is 0 Å². The molecule has 0 spiro atoms. The van der Waals surface area contributed by atoms with Crippen LogP contribution in [-0.4, -0.2) is 17.7 Å². The van der Waals surface area contributed by atoms with Crippen molar-refractivity contribution in [3.63, 3.8) is 0 Å². The first kappa shape index (κ1) is 16.2. The van der Waals surface area contributed by atoms with E-state index in [-0.39, 0.29) is 5.91 Å². The summed E-state index contributed by atoms with van der Waals surface area (Å²) in [5.41, 5.74) is 7.67. The Balaban J connectivity index is 1.83. The Kier molecular flexibility index (Phi) is 5.57. The maximum atomic E-state index is 12.1. The van der Waals surface area contributed by atoms with Gasteiger partial charge in [-0.2, -0.15) is 0 Å². The molecular formula is C17H26N2OS. The Hall–Kier alpha value is -1.16. The van der Waals surface area contributed by atoms with Crippen molar-refractivity contribution in [1.29, 1.82) is 0 Å². The molecule has 0 aromatic heterocycles. The number of benzene rings is 1. The lowest BCUT2D eigenvalue weighted by molar-refractivity contribution is -0.119. The van der Waals surface area contributed by atoms with Crippen LogP contribution in [0.1, 0.15) is 38.7 Å². The summed E-state index contributed by atoms with van der Waals surface area (Å²) in [5.74, 6) is 1.89. The van der Waals surface area contributed by atoms with Gasteiger partial charge in [-0.15, -0.1) is 11.8 Å². The third-order valence-corrected chi connectivity index (χ3v) is 5.66. The van der Waals surface area contributed by atoms with Crippen molar-refractivity contribution >= 4 is 23.4 Å². The molecule has 4 heteroatoms. The number of rotatable bonds is 4. The third-order valence-electron chi connectivity index (χ3n) is 4.66. The number of thioether (sulfide) groups is 1. The van der Waals surface area contributed by atoms with Crippen molar-refractivity contribution < 1.29 is 4.79 Å². The number of hydrogen-bond donors (Lipinski definition) is 2. The molecule has 116 valence electrons. The lowest BCUT2D eigenvalue weighted by Crippen LogP contribution is -2.44. The maximum Gasteiger partial charge on any atom is 0.230 e. The zero-order valence-electron chi connectivity index (χ0n) is 13.2. The molecule has 2 rings (SSSR count). The normalized spacial score (nSPS) is 25.6. The zero-order valence-corrected chi connectivity index (χ0v) is 14.0. The highest BCUT2D eigenvalue weighted by atomic mass is 32.2. The molecule has 0 aliphatic heterocycles. The van der Waals surface area contributed by atoms with E-state index in [4.69, 9.17) is 5.73 Å². The van der Waals surface area contributed by atoms with Gasteiger partial charge in [0.05, 0.1) is 5.75 Å². The first-order valence-corrected chi connectivity index (χ1v) is 8.74. The van der Waals surface area contributed by atoms with E-state index in [1.807, 2.05) is 25.1 Å². The van der Waals surface area contributed by atoms with Crippen LogP contribution in [0.25, 0.3) is 0 Å². The van der Waals surface area contributed by atoms with Gasteiger partial charge < -0.3 is 11.1 Å². The van der Waals surface area contributed by atoms with Crippen LogP contribution in [0.2, 0.25) is 0 Å². The van der Waals surface area contributed by atoms with Crippen LogP contribution in [-0.2, 0) is 4.79 Å². The number of aryl methyl sites for hydroxylation is 1. The fourth-order valence-corrected chi connectivity index (χ4v) is 3.73. The highest BCUT2D eigenvalue weighted by molar-refractivity contribution is 8.00. The highest BCUT2D eigenvalue weighted by Crippen LogP contribution is 2.29. The lowest BCUT2D eigenvalue weighted by Gasteiger charge is -2.34. The average molecular weight is 306 g/mol. The maximum absolute atomic E-state index is 12.1. The smallest absolute Gasteiger partial charge is 0.230 e. The number of anilines is 1. The van der Waals surface area contributed by atoms with E-state index in [2.05, 4.69) is 19.2 Å². The van der Waals surface area contributed by atoms with Gasteiger partial charge in [-0.25, -0.2) is 0 Å². The summed E-state index contributed by atoms with van der Waals surface area (Å²) in [5, 5.41) is 3.21. The summed E-state index contributed by atoms with van der Waals surface area (Å²) < 4.78 is 0. The van der Waals surface area contributed by atoms with Gasteiger partial charge in [0.1, 0.15) is 0 Å². The van der Waals surface area contributed by atoms with Crippen LogP contribution in [0.4, 0.5) is 5.69 Å². The summed E-state index contributed by atoms with van der Waals surface area (Å²) in [6.45, 7) is 6.53. The minimum absolute atomic E-state index is 0.139. The van der Waals surface area contributed by atoms with Gasteiger partial charge in [0.25, 0.3) is 0 Å². The topological polar surface area (TPSA) is 55.1 Å². The molecule has 3 atom stereocenters. The molecular weight excluding hydrogens is 280 g/mol. The van der Waals surface area contributed by atoms with E-state index in [9.17, 15) is 4.79 Å². The van der Waals surface area contributed by atoms with E-state index in [0.717, 1.165) is 22.6 Å². The second-order valence-electron chi connectivity index (χ2n) is 6.25. The Morgan fingerprint density at radius 2 is 2.14 bits per heavy atom. The third kappa shape index (κ3) is 4.40. The predicted octanol–water partition coefficient (Wildman–Crippen LogP) is 3.61. The first-order valence-electron chi connectivity index (χ1n) is 7.75. The molecule has 0 bridgehead atoms. The monoisotopic (exact) mass is 306 g/mol. The van der Waals surface area contributed by atoms with Gasteiger partial charge in [-0.3, -0.25) is 4.79 Å². The average Bonchev–Trinajstić information content (AvgIpc) is 2.45. The number of carbonyl (C=O) groups is 1. The predicted molar refractivity (Wildman–Crippen MR) is 90.4 cm³/mol. The summed E-state index contributed by atoms with van der Waals surface area (Å²) in [6, 6.07) is 6.26. The van der Waals surface area contributed by atoms with E-state index in [0.29, 0.717) is 23.6 Å². The fourth-order valence-electron chi connectivity index (χ4n) is 2.92. The number of nitrogens with one attached hydrogen (secondary N) is 1. The lowest BCUT2D eigenvalue weighted by atomic mass is 9.78. The molecule has 1 aliphatic rings. The van der Waals surface area contributed by atoms with Crippen molar-refractivity contribution in [2.75, 3.05) is 11.5 Å². The van der Waals surface area contributed by atoms with Gasteiger partial charge >= 0.3 is 0 Å². The van der Waals surface area contributed by atoms with E-state index < -0.39 is 0 Å². The molecule has 3 N–H and O–H groups in total. The minimum Gasteiger partial charge on any atom is -0.399 e. The molecule has 1 aromatic rings. The summed E-state index contributed by atoms with van der Waals surface area (Å²) in [4.78, 5) is 13.2. The number of amides is 1. The molecule has 3 nitrogen and oxygen atoms in total. The van der Waals surface area contributed by atoms with Crippen molar-refractivity contribution in [2.45, 2.75) is 51.0 Å². The number of nitrogens with two attached hydrogens (primary N) is 1. The molecule has 0 radical (unpaired) electrons. The molecule has 1 fully saturated rings. The minimum atomic E-state index is 0.139. The van der Waals surface area contributed by atoms with E-state index in [1.165, 1.54) is 12.8 Å². The SMILES string of the molecule is Cc1cc(SCC(=O)NC2CCCC(C)C2C)ccc1N. The molecule has 21 heavy (non-hydrogen) atoms. The molecule has 0 saturated heterocycles. The number of carbonyl (C=O) groups excluding carboxylic acids is 1. The quantitative estimate of drug-likeness (QED) is 0.660. The Morgan fingerprint density at radius 1 is 1.38 bits per heavy atom. The van der Waals surface area contributed by atoms with Crippen molar-refractivity contribution in [1.82, 2.24) is 5.32 Å². The van der Waals surface area contributed by atoms with Crippen LogP contribution in [0.3, 0.4) is 0 Å². The standard InChI is InChI=1S/C17H26N2OS/c1-11-5-4-6-16(13(11)3)19-17(20)10-21-14-7-8-15(18)12(2)9-14/h7-9,11,13,16H,4-6,10,18H2,1-3H3,(H,19,20). The van der Waals surface area contributed by atoms with Crippen LogP contribution in [0.15, 0.2) is 23.1 Å². The molecule has 1 amide bonds. The van der Waals surface area contributed by atoms with Crippen LogP contribution < -0.4 is 11.1 Å². The molecule has 3 unspecified atom stereocenters. The summed E-state index contributed by atoms with van der Waals surface area (Å²) >= 11 is 1.57. The van der Waals surface area contributed by atoms with Crippen LogP contribution >= 0.6 is 11.8 Å². The number of nitrogen functional groups attached to an aromatic ring is 1. The number of hydrogen-bond acceptors (Lipinski definition) is 3. The fraction of sp³-hybridized carbons (Fsp3) is 0.588. The van der Waals surface area contributed by atoms with Crippen molar-refractivity contribution in [3.05, 3.63) is 23.8 Å². The second-order valence-corrected chi connectivity index (χ2v) is 7.30. The van der Waals surface area contributed by atoms with Crippen LogP contribution in [0.5, 0.6) is 0 Å².